The summed E-state index contributed by atoms with van der Waals surface area (Å²) in [7, 11) is 3.95. The molecule has 88 valence electrons. The van der Waals surface area contributed by atoms with Crippen molar-refractivity contribution in [3.8, 4) is 0 Å². The SMILES string of the molecule is CN(C)c1ccc(CC(N)CC(=O)O)cc1. The molecule has 4 heteroatoms. The second kappa shape index (κ2) is 5.51. The minimum atomic E-state index is -0.850. The first-order chi connectivity index (χ1) is 7.49. The van der Waals surface area contributed by atoms with Gasteiger partial charge in [0.15, 0.2) is 0 Å². The van der Waals surface area contributed by atoms with Gasteiger partial charge in [0.2, 0.25) is 0 Å². The Morgan fingerprint density at radius 1 is 1.38 bits per heavy atom. The third-order valence-corrected chi connectivity index (χ3v) is 2.39. The van der Waals surface area contributed by atoms with E-state index in [2.05, 4.69) is 0 Å². The normalized spacial score (nSPS) is 12.2. The van der Waals surface area contributed by atoms with Crippen LogP contribution in [-0.4, -0.2) is 31.2 Å². The third kappa shape index (κ3) is 3.90. The Balaban J connectivity index is 2.58. The van der Waals surface area contributed by atoms with E-state index in [0.717, 1.165) is 11.3 Å². The van der Waals surface area contributed by atoms with Crippen LogP contribution in [0.3, 0.4) is 0 Å². The van der Waals surface area contributed by atoms with Crippen LogP contribution in [0.1, 0.15) is 12.0 Å². The number of anilines is 1. The van der Waals surface area contributed by atoms with E-state index in [-0.39, 0.29) is 12.5 Å². The van der Waals surface area contributed by atoms with Gasteiger partial charge in [-0.2, -0.15) is 0 Å². The third-order valence-electron chi connectivity index (χ3n) is 2.39. The van der Waals surface area contributed by atoms with Crippen LogP contribution in [0.5, 0.6) is 0 Å². The molecule has 1 aromatic rings. The molecule has 1 rings (SSSR count). The molecule has 0 fully saturated rings. The summed E-state index contributed by atoms with van der Waals surface area (Å²) in [6, 6.07) is 7.66. The Hall–Kier alpha value is -1.55. The lowest BCUT2D eigenvalue weighted by Gasteiger charge is -2.14. The summed E-state index contributed by atoms with van der Waals surface area (Å²) in [5.41, 5.74) is 7.90. The molecule has 0 aliphatic heterocycles. The van der Waals surface area contributed by atoms with E-state index in [1.165, 1.54) is 0 Å². The molecule has 1 aromatic carbocycles. The Morgan fingerprint density at radius 3 is 2.38 bits per heavy atom. The monoisotopic (exact) mass is 222 g/mol. The van der Waals surface area contributed by atoms with Gasteiger partial charge in [0.05, 0.1) is 6.42 Å². The van der Waals surface area contributed by atoms with Crippen molar-refractivity contribution in [2.75, 3.05) is 19.0 Å². The maximum Gasteiger partial charge on any atom is 0.304 e. The molecule has 0 amide bonds. The fraction of sp³-hybridized carbons (Fsp3) is 0.417. The zero-order valence-electron chi connectivity index (χ0n) is 9.68. The van der Waals surface area contributed by atoms with E-state index < -0.39 is 5.97 Å². The predicted molar refractivity (Wildman–Crippen MR) is 64.7 cm³/mol. The van der Waals surface area contributed by atoms with Crippen LogP contribution in [0.15, 0.2) is 24.3 Å². The quantitative estimate of drug-likeness (QED) is 0.783. The molecule has 0 saturated carbocycles. The molecule has 1 unspecified atom stereocenters. The summed E-state index contributed by atoms with van der Waals surface area (Å²) < 4.78 is 0. The molecule has 16 heavy (non-hydrogen) atoms. The molecule has 0 spiro atoms. The van der Waals surface area contributed by atoms with Gasteiger partial charge >= 0.3 is 5.97 Å². The van der Waals surface area contributed by atoms with Crippen molar-refractivity contribution in [2.45, 2.75) is 18.9 Å². The van der Waals surface area contributed by atoms with E-state index >= 15 is 0 Å². The highest BCUT2D eigenvalue weighted by atomic mass is 16.4. The van der Waals surface area contributed by atoms with E-state index in [1.807, 2.05) is 43.3 Å². The maximum atomic E-state index is 10.5. The largest absolute Gasteiger partial charge is 0.481 e. The number of nitrogens with zero attached hydrogens (tertiary/aromatic N) is 1. The van der Waals surface area contributed by atoms with Crippen LogP contribution in [-0.2, 0) is 11.2 Å². The molecule has 0 radical (unpaired) electrons. The van der Waals surface area contributed by atoms with Gasteiger partial charge in [0.1, 0.15) is 0 Å². The first-order valence-corrected chi connectivity index (χ1v) is 5.22. The van der Waals surface area contributed by atoms with Crippen LogP contribution in [0.2, 0.25) is 0 Å². The Bertz CT molecular complexity index is 347. The molecular weight excluding hydrogens is 204 g/mol. The number of benzene rings is 1. The van der Waals surface area contributed by atoms with E-state index in [1.54, 1.807) is 0 Å². The summed E-state index contributed by atoms with van der Waals surface area (Å²) in [6.07, 6.45) is 0.607. The second-order valence-electron chi connectivity index (χ2n) is 4.12. The van der Waals surface area contributed by atoms with Crippen LogP contribution < -0.4 is 10.6 Å². The van der Waals surface area contributed by atoms with Gasteiger partial charge in [-0.05, 0) is 24.1 Å². The van der Waals surface area contributed by atoms with Gasteiger partial charge in [-0.1, -0.05) is 12.1 Å². The van der Waals surface area contributed by atoms with Crippen molar-refractivity contribution in [1.29, 1.82) is 0 Å². The van der Waals surface area contributed by atoms with Crippen molar-refractivity contribution in [3.05, 3.63) is 29.8 Å². The molecular formula is C12H18N2O2. The first-order valence-electron chi connectivity index (χ1n) is 5.22. The van der Waals surface area contributed by atoms with Gasteiger partial charge < -0.3 is 15.7 Å². The highest BCUT2D eigenvalue weighted by Crippen LogP contribution is 2.13. The highest BCUT2D eigenvalue weighted by Gasteiger charge is 2.08. The van der Waals surface area contributed by atoms with Crippen LogP contribution in [0, 0.1) is 0 Å². The Kier molecular flexibility index (Phi) is 4.31. The standard InChI is InChI=1S/C12H18N2O2/c1-14(2)11-5-3-9(4-6-11)7-10(13)8-12(15)16/h3-6,10H,7-8,13H2,1-2H3,(H,15,16). The Labute approximate surface area is 95.7 Å². The zero-order valence-corrected chi connectivity index (χ0v) is 9.68. The van der Waals surface area contributed by atoms with Crippen LogP contribution >= 0.6 is 0 Å². The molecule has 0 saturated heterocycles. The molecule has 0 aromatic heterocycles. The Morgan fingerprint density at radius 2 is 1.94 bits per heavy atom. The molecule has 3 N–H and O–H groups in total. The van der Waals surface area contributed by atoms with Crippen molar-refractivity contribution < 1.29 is 9.90 Å². The average molecular weight is 222 g/mol. The fourth-order valence-electron chi connectivity index (χ4n) is 1.53. The van der Waals surface area contributed by atoms with Crippen molar-refractivity contribution in [2.24, 2.45) is 5.73 Å². The summed E-state index contributed by atoms with van der Waals surface area (Å²) in [5.74, 6) is -0.850. The second-order valence-corrected chi connectivity index (χ2v) is 4.12. The summed E-state index contributed by atoms with van der Waals surface area (Å²) in [4.78, 5) is 12.5. The fourth-order valence-corrected chi connectivity index (χ4v) is 1.53. The minimum Gasteiger partial charge on any atom is -0.481 e. The summed E-state index contributed by atoms with van der Waals surface area (Å²) >= 11 is 0. The van der Waals surface area contributed by atoms with E-state index in [9.17, 15) is 4.79 Å². The van der Waals surface area contributed by atoms with Crippen LogP contribution in [0.25, 0.3) is 0 Å². The van der Waals surface area contributed by atoms with Gasteiger partial charge in [0.25, 0.3) is 0 Å². The van der Waals surface area contributed by atoms with Gasteiger partial charge in [-0.15, -0.1) is 0 Å². The van der Waals surface area contributed by atoms with Crippen LogP contribution in [0.4, 0.5) is 5.69 Å². The molecule has 0 aliphatic rings. The number of hydrogen-bond acceptors (Lipinski definition) is 3. The zero-order chi connectivity index (χ0) is 12.1. The number of carboxylic acids is 1. The number of rotatable bonds is 5. The summed E-state index contributed by atoms with van der Waals surface area (Å²) in [6.45, 7) is 0. The number of nitrogens with two attached hydrogens (primary N) is 1. The average Bonchev–Trinajstić information content (AvgIpc) is 2.16. The molecule has 4 nitrogen and oxygen atoms in total. The molecule has 1 atom stereocenters. The van der Waals surface area contributed by atoms with Gasteiger partial charge in [0, 0.05) is 25.8 Å². The topological polar surface area (TPSA) is 66.6 Å². The van der Waals surface area contributed by atoms with Gasteiger partial charge in [-0.25, -0.2) is 0 Å². The number of carboxylic acid groups (broad SMARTS) is 1. The predicted octanol–water partition coefficient (Wildman–Crippen LogP) is 1.10. The lowest BCUT2D eigenvalue weighted by atomic mass is 10.0. The highest BCUT2D eigenvalue weighted by molar-refractivity contribution is 5.67. The lowest BCUT2D eigenvalue weighted by Crippen LogP contribution is -2.26. The number of carbonyl (C=O) groups is 1. The molecule has 0 aliphatic carbocycles. The van der Waals surface area contributed by atoms with Crippen molar-refractivity contribution in [3.63, 3.8) is 0 Å². The molecule has 0 heterocycles. The molecule has 0 bridgehead atoms. The van der Waals surface area contributed by atoms with Crippen molar-refractivity contribution >= 4 is 11.7 Å². The van der Waals surface area contributed by atoms with E-state index in [4.69, 9.17) is 10.8 Å². The number of aliphatic carboxylic acids is 1. The van der Waals surface area contributed by atoms with Crippen molar-refractivity contribution in [1.82, 2.24) is 0 Å². The number of hydrogen-bond donors (Lipinski definition) is 2. The van der Waals surface area contributed by atoms with Gasteiger partial charge in [-0.3, -0.25) is 4.79 Å². The smallest absolute Gasteiger partial charge is 0.304 e. The lowest BCUT2D eigenvalue weighted by molar-refractivity contribution is -0.137. The maximum absolute atomic E-state index is 10.5. The summed E-state index contributed by atoms with van der Waals surface area (Å²) in [5, 5.41) is 8.59. The van der Waals surface area contributed by atoms with E-state index in [0.29, 0.717) is 6.42 Å². The first kappa shape index (κ1) is 12.5. The minimum absolute atomic E-state index is 0.00936.